The van der Waals surface area contributed by atoms with Gasteiger partial charge in [0.1, 0.15) is 16.5 Å². The second-order valence-corrected chi connectivity index (χ2v) is 6.89. The van der Waals surface area contributed by atoms with Crippen LogP contribution in [-0.4, -0.2) is 26.8 Å². The van der Waals surface area contributed by atoms with E-state index in [1.165, 1.54) is 0 Å². The molecule has 0 spiro atoms. The van der Waals surface area contributed by atoms with Gasteiger partial charge in [0, 0.05) is 6.04 Å². The third-order valence-electron chi connectivity index (χ3n) is 3.42. The van der Waals surface area contributed by atoms with E-state index in [2.05, 4.69) is 5.32 Å². The normalized spacial score (nSPS) is 15.1. The SMILES string of the molecule is CCCC(NC)C(CC)S(=O)(=O)c1cc(F)ccc1F. The van der Waals surface area contributed by atoms with Crippen LogP contribution < -0.4 is 5.32 Å². The van der Waals surface area contributed by atoms with Gasteiger partial charge in [-0.15, -0.1) is 0 Å². The van der Waals surface area contributed by atoms with Crippen LogP contribution in [0.2, 0.25) is 0 Å². The fraction of sp³-hybridized carbons (Fsp3) is 0.571. The van der Waals surface area contributed by atoms with Crippen LogP contribution in [0.1, 0.15) is 33.1 Å². The largest absolute Gasteiger partial charge is 0.316 e. The maximum atomic E-state index is 13.7. The molecule has 1 rings (SSSR count). The number of rotatable bonds is 7. The van der Waals surface area contributed by atoms with Crippen LogP contribution in [0.4, 0.5) is 8.78 Å². The molecule has 0 aliphatic heterocycles. The molecule has 0 saturated carbocycles. The fourth-order valence-corrected chi connectivity index (χ4v) is 4.49. The van der Waals surface area contributed by atoms with E-state index in [0.717, 1.165) is 24.6 Å². The standard InChI is InChI=1S/C14H21F2NO2S/c1-4-6-12(17-3)13(5-2)20(18,19)14-9-10(15)7-8-11(14)16/h7-9,12-13,17H,4-6H2,1-3H3. The number of benzene rings is 1. The summed E-state index contributed by atoms with van der Waals surface area (Å²) in [6, 6.07) is 2.24. The van der Waals surface area contributed by atoms with Crippen molar-refractivity contribution in [1.29, 1.82) is 0 Å². The van der Waals surface area contributed by atoms with Crippen molar-refractivity contribution in [2.45, 2.75) is 49.3 Å². The molecule has 0 aliphatic rings. The van der Waals surface area contributed by atoms with Crippen molar-refractivity contribution in [2.24, 2.45) is 0 Å². The number of halogens is 2. The van der Waals surface area contributed by atoms with Crippen molar-refractivity contribution in [3.8, 4) is 0 Å². The van der Waals surface area contributed by atoms with E-state index < -0.39 is 31.6 Å². The predicted molar refractivity (Wildman–Crippen MR) is 75.4 cm³/mol. The fourth-order valence-electron chi connectivity index (χ4n) is 2.41. The number of hydrogen-bond acceptors (Lipinski definition) is 3. The number of hydrogen-bond donors (Lipinski definition) is 1. The smallest absolute Gasteiger partial charge is 0.185 e. The topological polar surface area (TPSA) is 46.2 Å². The van der Waals surface area contributed by atoms with E-state index in [9.17, 15) is 17.2 Å². The van der Waals surface area contributed by atoms with Gasteiger partial charge in [-0.25, -0.2) is 17.2 Å². The van der Waals surface area contributed by atoms with Crippen molar-refractivity contribution in [3.05, 3.63) is 29.8 Å². The summed E-state index contributed by atoms with van der Waals surface area (Å²) in [5.41, 5.74) is 0. The van der Waals surface area contributed by atoms with E-state index in [-0.39, 0.29) is 6.04 Å². The van der Waals surface area contributed by atoms with Gasteiger partial charge >= 0.3 is 0 Å². The first-order valence-corrected chi connectivity index (χ1v) is 8.29. The quantitative estimate of drug-likeness (QED) is 0.842. The third kappa shape index (κ3) is 3.55. The molecule has 0 aromatic heterocycles. The first kappa shape index (κ1) is 17.0. The molecule has 114 valence electrons. The van der Waals surface area contributed by atoms with E-state index in [1.807, 2.05) is 6.92 Å². The summed E-state index contributed by atoms with van der Waals surface area (Å²) >= 11 is 0. The molecule has 2 unspecified atom stereocenters. The lowest BCUT2D eigenvalue weighted by molar-refractivity contribution is 0.460. The maximum Gasteiger partial charge on any atom is 0.185 e. The lowest BCUT2D eigenvalue weighted by Gasteiger charge is -2.25. The minimum absolute atomic E-state index is 0.280. The molecule has 1 aromatic carbocycles. The van der Waals surface area contributed by atoms with Gasteiger partial charge in [-0.1, -0.05) is 20.3 Å². The summed E-state index contributed by atoms with van der Waals surface area (Å²) in [5.74, 6) is -1.66. The Morgan fingerprint density at radius 2 is 1.90 bits per heavy atom. The first-order chi connectivity index (χ1) is 9.38. The van der Waals surface area contributed by atoms with Crippen molar-refractivity contribution in [1.82, 2.24) is 5.32 Å². The molecule has 0 radical (unpaired) electrons. The van der Waals surface area contributed by atoms with E-state index in [0.29, 0.717) is 12.8 Å². The number of sulfone groups is 1. The molecule has 3 nitrogen and oxygen atoms in total. The minimum Gasteiger partial charge on any atom is -0.316 e. The monoisotopic (exact) mass is 305 g/mol. The Morgan fingerprint density at radius 1 is 1.25 bits per heavy atom. The molecule has 0 saturated heterocycles. The predicted octanol–water partition coefficient (Wildman–Crippen LogP) is 2.91. The molecule has 0 fully saturated rings. The first-order valence-electron chi connectivity index (χ1n) is 6.74. The van der Waals surface area contributed by atoms with Crippen LogP contribution in [0, 0.1) is 11.6 Å². The van der Waals surface area contributed by atoms with E-state index >= 15 is 0 Å². The highest BCUT2D eigenvalue weighted by Crippen LogP contribution is 2.25. The summed E-state index contributed by atoms with van der Waals surface area (Å²) in [6.45, 7) is 3.69. The molecule has 0 heterocycles. The Kier molecular flexibility index (Phi) is 6.07. The molecular weight excluding hydrogens is 284 g/mol. The van der Waals surface area contributed by atoms with Crippen LogP contribution in [0.5, 0.6) is 0 Å². The van der Waals surface area contributed by atoms with E-state index in [4.69, 9.17) is 0 Å². The van der Waals surface area contributed by atoms with Crippen molar-refractivity contribution in [2.75, 3.05) is 7.05 Å². The lowest BCUT2D eigenvalue weighted by atomic mass is 10.1. The summed E-state index contributed by atoms with van der Waals surface area (Å²) in [6.07, 6.45) is 1.80. The molecule has 1 N–H and O–H groups in total. The van der Waals surface area contributed by atoms with Crippen LogP contribution >= 0.6 is 0 Å². The van der Waals surface area contributed by atoms with Gasteiger partial charge in [0.2, 0.25) is 0 Å². The Balaban J connectivity index is 3.27. The van der Waals surface area contributed by atoms with Gasteiger partial charge in [-0.3, -0.25) is 0 Å². The molecule has 0 bridgehead atoms. The van der Waals surface area contributed by atoms with Gasteiger partial charge < -0.3 is 5.32 Å². The highest BCUT2D eigenvalue weighted by molar-refractivity contribution is 7.92. The van der Waals surface area contributed by atoms with Crippen molar-refractivity contribution >= 4 is 9.84 Å². The molecule has 0 aliphatic carbocycles. The maximum absolute atomic E-state index is 13.7. The molecule has 20 heavy (non-hydrogen) atoms. The van der Waals surface area contributed by atoms with Crippen LogP contribution in [0.3, 0.4) is 0 Å². The summed E-state index contributed by atoms with van der Waals surface area (Å²) in [7, 11) is -2.23. The lowest BCUT2D eigenvalue weighted by Crippen LogP contribution is -2.42. The summed E-state index contributed by atoms with van der Waals surface area (Å²) < 4.78 is 52.1. The summed E-state index contributed by atoms with van der Waals surface area (Å²) in [4.78, 5) is -0.555. The molecule has 0 amide bonds. The average Bonchev–Trinajstić information content (AvgIpc) is 2.40. The molecule has 2 atom stereocenters. The van der Waals surface area contributed by atoms with Gasteiger partial charge in [-0.05, 0) is 38.1 Å². The van der Waals surface area contributed by atoms with E-state index in [1.54, 1.807) is 14.0 Å². The Morgan fingerprint density at radius 3 is 2.40 bits per heavy atom. The highest BCUT2D eigenvalue weighted by Gasteiger charge is 2.34. The van der Waals surface area contributed by atoms with Crippen molar-refractivity contribution in [3.63, 3.8) is 0 Å². The zero-order valence-corrected chi connectivity index (χ0v) is 12.8. The van der Waals surface area contributed by atoms with Gasteiger partial charge in [0.05, 0.1) is 5.25 Å². The van der Waals surface area contributed by atoms with Crippen LogP contribution in [-0.2, 0) is 9.84 Å². The van der Waals surface area contributed by atoms with Crippen molar-refractivity contribution < 1.29 is 17.2 Å². The minimum atomic E-state index is -3.92. The van der Waals surface area contributed by atoms with Crippen LogP contribution in [0.15, 0.2) is 23.1 Å². The zero-order chi connectivity index (χ0) is 15.3. The second-order valence-electron chi connectivity index (χ2n) is 4.75. The average molecular weight is 305 g/mol. The molecule has 6 heteroatoms. The van der Waals surface area contributed by atoms with Gasteiger partial charge in [0.15, 0.2) is 9.84 Å². The molecular formula is C14H21F2NO2S. The highest BCUT2D eigenvalue weighted by atomic mass is 32.2. The summed E-state index contributed by atoms with van der Waals surface area (Å²) in [5, 5.41) is 2.19. The third-order valence-corrected chi connectivity index (χ3v) is 5.80. The molecule has 1 aromatic rings. The zero-order valence-electron chi connectivity index (χ0n) is 12.0. The Labute approximate surface area is 119 Å². The Hall–Kier alpha value is -1.01. The Bertz CT molecular complexity index is 546. The number of nitrogens with one attached hydrogen (secondary N) is 1. The van der Waals surface area contributed by atoms with Crippen LogP contribution in [0.25, 0.3) is 0 Å². The van der Waals surface area contributed by atoms with Gasteiger partial charge in [0.25, 0.3) is 0 Å². The van der Waals surface area contributed by atoms with Gasteiger partial charge in [-0.2, -0.15) is 0 Å². The second kappa shape index (κ2) is 7.13.